The van der Waals surface area contributed by atoms with E-state index in [2.05, 4.69) is 5.32 Å². The van der Waals surface area contributed by atoms with Gasteiger partial charge in [0, 0.05) is 0 Å². The molecule has 0 amide bonds. The lowest BCUT2D eigenvalue weighted by Gasteiger charge is -2.21. The van der Waals surface area contributed by atoms with E-state index in [9.17, 15) is 9.90 Å². The summed E-state index contributed by atoms with van der Waals surface area (Å²) < 4.78 is 5.13. The summed E-state index contributed by atoms with van der Waals surface area (Å²) in [5.74, 6) is -0.103. The normalized spacial score (nSPS) is 24.3. The van der Waals surface area contributed by atoms with E-state index in [0.29, 0.717) is 6.42 Å². The average molecular weight is 249 g/mol. The highest BCUT2D eigenvalue weighted by Crippen LogP contribution is 2.32. The highest BCUT2D eigenvalue weighted by molar-refractivity contribution is 5.71. The van der Waals surface area contributed by atoms with Gasteiger partial charge in [0.05, 0.1) is 13.0 Å². The Balaban J connectivity index is 2.23. The topological polar surface area (TPSA) is 58.6 Å². The Morgan fingerprint density at radius 3 is 2.56 bits per heavy atom. The van der Waals surface area contributed by atoms with E-state index in [-0.39, 0.29) is 11.8 Å². The molecule has 2 rings (SSSR count). The number of hydrogen-bond donors (Lipinski definition) is 2. The van der Waals surface area contributed by atoms with Crippen molar-refractivity contribution in [3.63, 3.8) is 0 Å². The number of ether oxygens (including phenoxy) is 1. The fourth-order valence-corrected chi connectivity index (χ4v) is 2.59. The monoisotopic (exact) mass is 249 g/mol. The Kier molecular flexibility index (Phi) is 4.20. The van der Waals surface area contributed by atoms with Gasteiger partial charge in [0.1, 0.15) is 5.75 Å². The maximum absolute atomic E-state index is 11.4. The number of benzene rings is 1. The first-order valence-electron chi connectivity index (χ1n) is 6.30. The van der Waals surface area contributed by atoms with Crippen LogP contribution < -0.4 is 10.1 Å². The number of carboxylic acids is 1. The van der Waals surface area contributed by atoms with Crippen molar-refractivity contribution in [3.8, 4) is 5.75 Å². The lowest BCUT2D eigenvalue weighted by molar-refractivity contribution is -0.142. The Hall–Kier alpha value is -1.55. The van der Waals surface area contributed by atoms with Gasteiger partial charge in [0.25, 0.3) is 0 Å². The molecule has 0 bridgehead atoms. The van der Waals surface area contributed by atoms with E-state index in [1.165, 1.54) is 0 Å². The van der Waals surface area contributed by atoms with Crippen molar-refractivity contribution in [1.29, 1.82) is 0 Å². The Bertz CT molecular complexity index is 402. The maximum atomic E-state index is 11.4. The first kappa shape index (κ1) is 12.9. The van der Waals surface area contributed by atoms with Gasteiger partial charge in [-0.15, -0.1) is 0 Å². The van der Waals surface area contributed by atoms with Crippen LogP contribution in [0.4, 0.5) is 0 Å². The second-order valence-corrected chi connectivity index (χ2v) is 4.65. The predicted octanol–water partition coefficient (Wildman–Crippen LogP) is 1.86. The Morgan fingerprint density at radius 1 is 1.28 bits per heavy atom. The van der Waals surface area contributed by atoms with E-state index in [1.807, 2.05) is 24.3 Å². The molecule has 1 fully saturated rings. The van der Waals surface area contributed by atoms with Crippen LogP contribution in [0, 0.1) is 5.92 Å². The molecule has 2 N–H and O–H groups in total. The van der Waals surface area contributed by atoms with Crippen LogP contribution >= 0.6 is 0 Å². The van der Waals surface area contributed by atoms with Crippen molar-refractivity contribution < 1.29 is 14.6 Å². The van der Waals surface area contributed by atoms with Gasteiger partial charge in [-0.25, -0.2) is 0 Å². The van der Waals surface area contributed by atoms with Crippen LogP contribution in [0.2, 0.25) is 0 Å². The summed E-state index contributed by atoms with van der Waals surface area (Å²) in [4.78, 5) is 11.4. The Labute approximate surface area is 107 Å². The van der Waals surface area contributed by atoms with Gasteiger partial charge in [-0.05, 0) is 49.5 Å². The number of aliphatic carboxylic acids is 1. The molecule has 0 spiro atoms. The Morgan fingerprint density at radius 2 is 1.94 bits per heavy atom. The highest BCUT2D eigenvalue weighted by atomic mass is 16.5. The zero-order valence-corrected chi connectivity index (χ0v) is 10.6. The summed E-state index contributed by atoms with van der Waals surface area (Å²) in [5.41, 5.74) is 1.09. The van der Waals surface area contributed by atoms with Crippen LogP contribution in [-0.2, 0) is 4.79 Å². The highest BCUT2D eigenvalue weighted by Gasteiger charge is 2.30. The second kappa shape index (κ2) is 5.87. The third-order valence-corrected chi connectivity index (χ3v) is 3.61. The molecule has 2 unspecified atom stereocenters. The quantitative estimate of drug-likeness (QED) is 0.858. The standard InChI is InChI=1S/C14H19NO3/c1-18-11-4-2-10(3-5-11)12-6-8-15-9-7-13(12)14(16)17/h2-5,12-13,15H,6-9H2,1H3,(H,16,17). The smallest absolute Gasteiger partial charge is 0.307 e. The zero-order valence-electron chi connectivity index (χ0n) is 10.6. The van der Waals surface area contributed by atoms with Crippen molar-refractivity contribution in [2.24, 2.45) is 5.92 Å². The largest absolute Gasteiger partial charge is 0.497 e. The predicted molar refractivity (Wildman–Crippen MR) is 69.0 cm³/mol. The lowest BCUT2D eigenvalue weighted by Crippen LogP contribution is -2.22. The van der Waals surface area contributed by atoms with Crippen molar-refractivity contribution >= 4 is 5.97 Å². The van der Waals surface area contributed by atoms with E-state index in [1.54, 1.807) is 7.11 Å². The van der Waals surface area contributed by atoms with Crippen LogP contribution in [-0.4, -0.2) is 31.3 Å². The summed E-state index contributed by atoms with van der Waals surface area (Å²) in [6.45, 7) is 1.66. The first-order valence-corrected chi connectivity index (χ1v) is 6.30. The molecular weight excluding hydrogens is 230 g/mol. The number of nitrogens with one attached hydrogen (secondary N) is 1. The molecule has 1 aliphatic heterocycles. The number of methoxy groups -OCH3 is 1. The molecule has 1 saturated heterocycles. The molecule has 0 radical (unpaired) electrons. The fourth-order valence-electron chi connectivity index (χ4n) is 2.59. The maximum Gasteiger partial charge on any atom is 0.307 e. The van der Waals surface area contributed by atoms with Gasteiger partial charge in [-0.2, -0.15) is 0 Å². The van der Waals surface area contributed by atoms with Gasteiger partial charge in [-0.3, -0.25) is 4.79 Å². The molecule has 0 aliphatic carbocycles. The molecule has 0 aromatic heterocycles. The molecule has 1 aromatic rings. The van der Waals surface area contributed by atoms with Crippen LogP contribution in [0.1, 0.15) is 24.3 Å². The first-order chi connectivity index (χ1) is 8.72. The molecule has 18 heavy (non-hydrogen) atoms. The van der Waals surface area contributed by atoms with E-state index in [4.69, 9.17) is 4.74 Å². The summed E-state index contributed by atoms with van der Waals surface area (Å²) in [5, 5.41) is 12.6. The summed E-state index contributed by atoms with van der Waals surface area (Å²) in [6.07, 6.45) is 1.55. The van der Waals surface area contributed by atoms with E-state index >= 15 is 0 Å². The van der Waals surface area contributed by atoms with Crippen molar-refractivity contribution in [2.45, 2.75) is 18.8 Å². The number of carbonyl (C=O) groups is 1. The molecular formula is C14H19NO3. The number of hydrogen-bond acceptors (Lipinski definition) is 3. The lowest BCUT2D eigenvalue weighted by atomic mass is 9.82. The fraction of sp³-hybridized carbons (Fsp3) is 0.500. The van der Waals surface area contributed by atoms with Crippen LogP contribution in [0.5, 0.6) is 5.75 Å². The van der Waals surface area contributed by atoms with Gasteiger partial charge in [-0.1, -0.05) is 12.1 Å². The van der Waals surface area contributed by atoms with Gasteiger partial charge in [0.2, 0.25) is 0 Å². The summed E-state index contributed by atoms with van der Waals surface area (Å²) >= 11 is 0. The molecule has 4 heteroatoms. The molecule has 1 aromatic carbocycles. The van der Waals surface area contributed by atoms with Crippen molar-refractivity contribution in [1.82, 2.24) is 5.32 Å². The SMILES string of the molecule is COc1ccc(C2CCNCCC2C(=O)O)cc1. The molecule has 2 atom stereocenters. The third-order valence-electron chi connectivity index (χ3n) is 3.61. The third kappa shape index (κ3) is 2.82. The molecule has 1 aliphatic rings. The molecule has 98 valence electrons. The van der Waals surface area contributed by atoms with E-state index in [0.717, 1.165) is 30.8 Å². The van der Waals surface area contributed by atoms with Crippen LogP contribution in [0.3, 0.4) is 0 Å². The minimum atomic E-state index is -0.695. The average Bonchev–Trinajstić information content (AvgIpc) is 2.64. The van der Waals surface area contributed by atoms with Gasteiger partial charge < -0.3 is 15.2 Å². The molecule has 0 saturated carbocycles. The summed E-state index contributed by atoms with van der Waals surface area (Å²) in [6, 6.07) is 7.74. The van der Waals surface area contributed by atoms with Gasteiger partial charge in [0.15, 0.2) is 0 Å². The second-order valence-electron chi connectivity index (χ2n) is 4.65. The minimum Gasteiger partial charge on any atom is -0.497 e. The minimum absolute atomic E-state index is 0.0865. The number of carboxylic acid groups (broad SMARTS) is 1. The van der Waals surface area contributed by atoms with Gasteiger partial charge >= 0.3 is 5.97 Å². The van der Waals surface area contributed by atoms with Crippen molar-refractivity contribution in [3.05, 3.63) is 29.8 Å². The zero-order chi connectivity index (χ0) is 13.0. The summed E-state index contributed by atoms with van der Waals surface area (Å²) in [7, 11) is 1.63. The van der Waals surface area contributed by atoms with Crippen LogP contribution in [0.15, 0.2) is 24.3 Å². The molecule has 4 nitrogen and oxygen atoms in total. The van der Waals surface area contributed by atoms with Crippen LogP contribution in [0.25, 0.3) is 0 Å². The number of rotatable bonds is 3. The van der Waals surface area contributed by atoms with E-state index < -0.39 is 5.97 Å². The molecule has 1 heterocycles. The van der Waals surface area contributed by atoms with Crippen molar-refractivity contribution in [2.75, 3.05) is 20.2 Å².